The second-order valence-corrected chi connectivity index (χ2v) is 7.79. The topological polar surface area (TPSA) is 70.4 Å². The first-order chi connectivity index (χ1) is 13.4. The molecular formula is C21H17ClN2O3S. The van der Waals surface area contributed by atoms with E-state index in [1.54, 1.807) is 48.5 Å². The number of amides is 2. The summed E-state index contributed by atoms with van der Waals surface area (Å²) in [7, 11) is 0. The van der Waals surface area contributed by atoms with Gasteiger partial charge in [-0.2, -0.15) is 5.26 Å². The summed E-state index contributed by atoms with van der Waals surface area (Å²) in [4.78, 5) is 26.5. The molecule has 1 aliphatic rings. The molecule has 2 amide bonds. The molecule has 0 aliphatic carbocycles. The lowest BCUT2D eigenvalue weighted by Crippen LogP contribution is -2.27. The highest BCUT2D eigenvalue weighted by Crippen LogP contribution is 2.35. The molecular weight excluding hydrogens is 396 g/mol. The number of hydrogen-bond donors (Lipinski definition) is 0. The minimum absolute atomic E-state index is 0.00358. The smallest absolute Gasteiger partial charge is 0.293 e. The average Bonchev–Trinajstić information content (AvgIpc) is 2.91. The van der Waals surface area contributed by atoms with Crippen LogP contribution in [0, 0.1) is 11.3 Å². The third-order valence-corrected chi connectivity index (χ3v) is 5.16. The van der Waals surface area contributed by atoms with Gasteiger partial charge in [0, 0.05) is 0 Å². The van der Waals surface area contributed by atoms with Crippen molar-refractivity contribution in [1.29, 1.82) is 5.26 Å². The summed E-state index contributed by atoms with van der Waals surface area (Å²) in [6, 6.07) is 14.2. The van der Waals surface area contributed by atoms with Gasteiger partial charge in [0.05, 0.1) is 34.2 Å². The number of nitriles is 1. The van der Waals surface area contributed by atoms with Crippen LogP contribution in [0.4, 0.5) is 4.79 Å². The maximum Gasteiger partial charge on any atom is 0.293 e. The molecule has 1 aliphatic heterocycles. The Bertz CT molecular complexity index is 1010. The molecule has 0 bridgehead atoms. The molecule has 0 radical (unpaired) electrons. The Labute approximate surface area is 172 Å². The van der Waals surface area contributed by atoms with Crippen LogP contribution < -0.4 is 4.74 Å². The number of ether oxygens (including phenoxy) is 1. The molecule has 0 spiro atoms. The van der Waals surface area contributed by atoms with Gasteiger partial charge in [0.2, 0.25) is 0 Å². The number of imide groups is 1. The predicted molar refractivity (Wildman–Crippen MR) is 110 cm³/mol. The molecule has 0 saturated carbocycles. The third-order valence-electron chi connectivity index (χ3n) is 3.96. The Morgan fingerprint density at radius 3 is 2.68 bits per heavy atom. The highest BCUT2D eigenvalue weighted by atomic mass is 35.5. The van der Waals surface area contributed by atoms with Crippen molar-refractivity contribution in [3.8, 4) is 11.8 Å². The summed E-state index contributed by atoms with van der Waals surface area (Å²) < 4.78 is 5.60. The quantitative estimate of drug-likeness (QED) is 0.628. The first-order valence-corrected chi connectivity index (χ1v) is 9.78. The van der Waals surface area contributed by atoms with Crippen LogP contribution in [0.5, 0.6) is 5.75 Å². The molecule has 1 fully saturated rings. The standard InChI is InChI=1S/C21H17ClN2O3S/c1-13(2)27-18-8-7-14(9-17(18)22)10-19-20(25)24(21(26)28-19)12-16-6-4-3-5-15(16)11-23/h3-10,13H,12H2,1-2H3/b19-10+. The third kappa shape index (κ3) is 4.38. The number of hydrogen-bond acceptors (Lipinski definition) is 5. The van der Waals surface area contributed by atoms with Crippen LogP contribution in [0.25, 0.3) is 6.08 Å². The van der Waals surface area contributed by atoms with E-state index < -0.39 is 0 Å². The molecule has 142 valence electrons. The highest BCUT2D eigenvalue weighted by Gasteiger charge is 2.35. The number of halogens is 1. The van der Waals surface area contributed by atoms with Crippen LogP contribution in [-0.4, -0.2) is 22.2 Å². The summed E-state index contributed by atoms with van der Waals surface area (Å²) in [5, 5.41) is 9.27. The van der Waals surface area contributed by atoms with Crippen molar-refractivity contribution in [2.75, 3.05) is 0 Å². The summed E-state index contributed by atoms with van der Waals surface area (Å²) in [5.74, 6) is 0.177. The molecule has 1 heterocycles. The zero-order valence-corrected chi connectivity index (χ0v) is 16.9. The van der Waals surface area contributed by atoms with Crippen molar-refractivity contribution in [2.45, 2.75) is 26.5 Å². The van der Waals surface area contributed by atoms with E-state index in [-0.39, 0.29) is 23.8 Å². The lowest BCUT2D eigenvalue weighted by Gasteiger charge is -2.13. The molecule has 0 unspecified atom stereocenters. The molecule has 2 aromatic carbocycles. The van der Waals surface area contributed by atoms with E-state index in [4.69, 9.17) is 16.3 Å². The largest absolute Gasteiger partial charge is 0.489 e. The Morgan fingerprint density at radius 2 is 2.00 bits per heavy atom. The molecule has 2 aromatic rings. The van der Waals surface area contributed by atoms with Gasteiger partial charge >= 0.3 is 0 Å². The summed E-state index contributed by atoms with van der Waals surface area (Å²) in [6.07, 6.45) is 1.63. The lowest BCUT2D eigenvalue weighted by molar-refractivity contribution is -0.123. The fraction of sp³-hybridized carbons (Fsp3) is 0.190. The molecule has 1 saturated heterocycles. The maximum atomic E-state index is 12.7. The van der Waals surface area contributed by atoms with E-state index in [9.17, 15) is 14.9 Å². The van der Waals surface area contributed by atoms with Crippen molar-refractivity contribution >= 4 is 40.6 Å². The van der Waals surface area contributed by atoms with E-state index >= 15 is 0 Å². The lowest BCUT2D eigenvalue weighted by atomic mass is 10.1. The van der Waals surface area contributed by atoms with Crippen LogP contribution in [0.15, 0.2) is 47.4 Å². The Kier molecular flexibility index (Phi) is 6.08. The van der Waals surface area contributed by atoms with Crippen molar-refractivity contribution in [1.82, 2.24) is 4.90 Å². The molecule has 0 aromatic heterocycles. The van der Waals surface area contributed by atoms with Gasteiger partial charge in [-0.15, -0.1) is 0 Å². The Morgan fingerprint density at radius 1 is 1.25 bits per heavy atom. The number of benzene rings is 2. The van der Waals surface area contributed by atoms with Gasteiger partial charge in [-0.25, -0.2) is 0 Å². The molecule has 3 rings (SSSR count). The van der Waals surface area contributed by atoms with Crippen LogP contribution in [0.3, 0.4) is 0 Å². The summed E-state index contributed by atoms with van der Waals surface area (Å²) in [6.45, 7) is 3.88. The zero-order chi connectivity index (χ0) is 20.3. The van der Waals surface area contributed by atoms with Gasteiger partial charge in [0.25, 0.3) is 11.1 Å². The Balaban J connectivity index is 1.81. The summed E-state index contributed by atoms with van der Waals surface area (Å²) in [5.41, 5.74) is 1.77. The second kappa shape index (κ2) is 8.51. The highest BCUT2D eigenvalue weighted by molar-refractivity contribution is 8.18. The van der Waals surface area contributed by atoms with Crippen LogP contribution in [0.2, 0.25) is 5.02 Å². The minimum atomic E-state index is -0.388. The van der Waals surface area contributed by atoms with Crippen molar-refractivity contribution in [3.63, 3.8) is 0 Å². The number of rotatable bonds is 5. The van der Waals surface area contributed by atoms with Gasteiger partial charge in [0.1, 0.15) is 5.75 Å². The minimum Gasteiger partial charge on any atom is -0.489 e. The van der Waals surface area contributed by atoms with E-state index in [1.807, 2.05) is 13.8 Å². The van der Waals surface area contributed by atoms with Gasteiger partial charge in [-0.3, -0.25) is 14.5 Å². The van der Waals surface area contributed by atoms with Crippen molar-refractivity contribution in [3.05, 3.63) is 69.1 Å². The van der Waals surface area contributed by atoms with E-state index in [1.165, 1.54) is 0 Å². The fourth-order valence-electron chi connectivity index (χ4n) is 2.68. The van der Waals surface area contributed by atoms with Gasteiger partial charge < -0.3 is 4.74 Å². The number of nitrogens with zero attached hydrogens (tertiary/aromatic N) is 2. The second-order valence-electron chi connectivity index (χ2n) is 6.39. The van der Waals surface area contributed by atoms with Crippen molar-refractivity contribution < 1.29 is 14.3 Å². The fourth-order valence-corrected chi connectivity index (χ4v) is 3.75. The maximum absolute atomic E-state index is 12.7. The average molecular weight is 413 g/mol. The first kappa shape index (κ1) is 20.0. The van der Waals surface area contributed by atoms with Gasteiger partial charge in [-0.1, -0.05) is 35.9 Å². The van der Waals surface area contributed by atoms with Crippen molar-refractivity contribution in [2.24, 2.45) is 0 Å². The number of carbonyl (C=O) groups is 2. The normalized spacial score (nSPS) is 15.4. The first-order valence-electron chi connectivity index (χ1n) is 8.58. The molecule has 0 atom stereocenters. The molecule has 5 nitrogen and oxygen atoms in total. The Hall–Kier alpha value is -2.75. The van der Waals surface area contributed by atoms with E-state index in [0.29, 0.717) is 32.4 Å². The number of carbonyl (C=O) groups excluding carboxylic acids is 2. The van der Waals surface area contributed by atoms with Crippen LogP contribution >= 0.6 is 23.4 Å². The van der Waals surface area contributed by atoms with Crippen LogP contribution in [-0.2, 0) is 11.3 Å². The van der Waals surface area contributed by atoms with Crippen LogP contribution in [0.1, 0.15) is 30.5 Å². The SMILES string of the molecule is CC(C)Oc1ccc(/C=C2/SC(=O)N(Cc3ccccc3C#N)C2=O)cc1Cl. The predicted octanol–water partition coefficient (Wildman–Crippen LogP) is 5.24. The van der Waals surface area contributed by atoms with E-state index in [2.05, 4.69) is 6.07 Å². The number of thioether (sulfide) groups is 1. The summed E-state index contributed by atoms with van der Waals surface area (Å²) >= 11 is 7.11. The molecule has 28 heavy (non-hydrogen) atoms. The zero-order valence-electron chi connectivity index (χ0n) is 15.3. The molecule has 7 heteroatoms. The molecule has 0 N–H and O–H groups in total. The van der Waals surface area contributed by atoms with E-state index in [0.717, 1.165) is 16.7 Å². The van der Waals surface area contributed by atoms with Gasteiger partial charge in [0.15, 0.2) is 0 Å². The monoisotopic (exact) mass is 412 g/mol. The van der Waals surface area contributed by atoms with Gasteiger partial charge in [-0.05, 0) is 61.0 Å².